The van der Waals surface area contributed by atoms with Crippen LogP contribution < -0.4 is 5.73 Å². The lowest BCUT2D eigenvalue weighted by atomic mass is 9.90. The van der Waals surface area contributed by atoms with E-state index in [1.807, 2.05) is 38.1 Å². The Bertz CT molecular complexity index is 1400. The van der Waals surface area contributed by atoms with Crippen LogP contribution in [0.25, 0.3) is 0 Å². The first-order valence-electron chi connectivity index (χ1n) is 14.5. The van der Waals surface area contributed by atoms with Crippen molar-refractivity contribution in [3.8, 4) is 0 Å². The SMILES string of the molecule is CCCc1c(C(=O)C(N)=O)c(CC(CCC[P+](=O)OC)C(=O)OCC)c(C)n1Cc1cccc(Cc2ccccc2)c1. The molecule has 2 atom stereocenters. The van der Waals surface area contributed by atoms with Crippen LogP contribution in [0.5, 0.6) is 0 Å². The third kappa shape index (κ3) is 8.70. The number of nitrogens with two attached hydrogens (primary N) is 1. The second kappa shape index (κ2) is 16.1. The van der Waals surface area contributed by atoms with Crippen LogP contribution in [0.2, 0.25) is 0 Å². The number of Topliss-reactive ketones (excluding diaryl/α,β-unsaturated/α-hetero) is 1. The van der Waals surface area contributed by atoms with Gasteiger partial charge in [0.1, 0.15) is 0 Å². The van der Waals surface area contributed by atoms with Gasteiger partial charge in [0.15, 0.2) is 6.16 Å². The molecule has 1 amide bonds. The van der Waals surface area contributed by atoms with Gasteiger partial charge in [-0.1, -0.05) is 67.9 Å². The van der Waals surface area contributed by atoms with Crippen molar-refractivity contribution >= 4 is 25.7 Å². The highest BCUT2D eigenvalue weighted by Gasteiger charge is 2.32. The smallest absolute Gasteiger partial charge is 0.466 e. The molecule has 0 bridgehead atoms. The molecule has 0 spiro atoms. The summed E-state index contributed by atoms with van der Waals surface area (Å²) in [4.78, 5) is 38.5. The van der Waals surface area contributed by atoms with E-state index in [2.05, 4.69) is 34.9 Å². The van der Waals surface area contributed by atoms with Gasteiger partial charge in [-0.25, -0.2) is 0 Å². The molecule has 3 rings (SSSR count). The molecule has 3 aromatic rings. The number of carbonyl (C=O) groups is 3. The Morgan fingerprint density at radius 2 is 1.69 bits per heavy atom. The number of amides is 1. The summed E-state index contributed by atoms with van der Waals surface area (Å²) in [5.41, 5.74) is 11.5. The van der Waals surface area contributed by atoms with E-state index in [-0.39, 0.29) is 19.0 Å². The Morgan fingerprint density at radius 3 is 2.33 bits per heavy atom. The van der Waals surface area contributed by atoms with Crippen molar-refractivity contribution < 1.29 is 28.2 Å². The van der Waals surface area contributed by atoms with Gasteiger partial charge in [0.25, 0.3) is 11.7 Å². The van der Waals surface area contributed by atoms with Crippen LogP contribution >= 0.6 is 8.03 Å². The molecule has 2 N–H and O–H groups in total. The van der Waals surface area contributed by atoms with E-state index in [4.69, 9.17) is 15.0 Å². The molecule has 1 aromatic heterocycles. The summed E-state index contributed by atoms with van der Waals surface area (Å²) in [6.45, 7) is 6.40. The first-order chi connectivity index (χ1) is 20.2. The zero-order valence-corrected chi connectivity index (χ0v) is 26.0. The number of nitrogens with zero attached hydrogens (tertiary/aromatic N) is 1. The van der Waals surface area contributed by atoms with Gasteiger partial charge in [0.05, 0.1) is 25.2 Å². The molecule has 0 aliphatic heterocycles. The van der Waals surface area contributed by atoms with Gasteiger partial charge in [-0.15, -0.1) is 4.52 Å². The van der Waals surface area contributed by atoms with Crippen molar-refractivity contribution in [1.82, 2.24) is 4.57 Å². The third-order valence-electron chi connectivity index (χ3n) is 7.45. The Labute approximate surface area is 249 Å². The molecular weight excluding hydrogens is 551 g/mol. The summed E-state index contributed by atoms with van der Waals surface area (Å²) in [7, 11) is -0.411. The van der Waals surface area contributed by atoms with Crippen LogP contribution in [0.15, 0.2) is 54.6 Å². The van der Waals surface area contributed by atoms with Crippen LogP contribution in [0.4, 0.5) is 0 Å². The lowest BCUT2D eigenvalue weighted by molar-refractivity contribution is -0.148. The monoisotopic (exact) mass is 593 g/mol. The molecule has 0 radical (unpaired) electrons. The van der Waals surface area contributed by atoms with Crippen molar-refractivity contribution in [3.63, 3.8) is 0 Å². The lowest BCUT2D eigenvalue weighted by Crippen LogP contribution is -2.26. The number of esters is 1. The zero-order valence-electron chi connectivity index (χ0n) is 25.1. The van der Waals surface area contributed by atoms with Crippen molar-refractivity contribution in [1.29, 1.82) is 0 Å². The number of hydrogen-bond acceptors (Lipinski definition) is 6. The minimum absolute atomic E-state index is 0.209. The van der Waals surface area contributed by atoms with Crippen LogP contribution in [0, 0.1) is 12.8 Å². The molecule has 224 valence electrons. The van der Waals surface area contributed by atoms with E-state index in [0.717, 1.165) is 29.8 Å². The summed E-state index contributed by atoms with van der Waals surface area (Å²) in [6, 6.07) is 18.6. The Kier molecular flexibility index (Phi) is 12.6. The predicted octanol–water partition coefficient (Wildman–Crippen LogP) is 5.95. The fraction of sp³-hybridized carbons (Fsp3) is 0.424. The molecule has 0 aliphatic carbocycles. The van der Waals surface area contributed by atoms with Gasteiger partial charge in [0, 0.05) is 17.9 Å². The van der Waals surface area contributed by atoms with Gasteiger partial charge >= 0.3 is 14.0 Å². The fourth-order valence-electron chi connectivity index (χ4n) is 5.43. The third-order valence-corrected chi connectivity index (χ3v) is 8.53. The average molecular weight is 594 g/mol. The van der Waals surface area contributed by atoms with E-state index in [9.17, 15) is 18.9 Å². The van der Waals surface area contributed by atoms with Crippen molar-refractivity contribution in [3.05, 3.63) is 93.8 Å². The molecule has 2 aromatic carbocycles. The number of ketones is 1. The summed E-state index contributed by atoms with van der Waals surface area (Å²) in [6.07, 6.45) is 3.53. The molecule has 0 saturated carbocycles. The average Bonchev–Trinajstić information content (AvgIpc) is 3.22. The van der Waals surface area contributed by atoms with Crippen molar-refractivity contribution in [2.75, 3.05) is 19.9 Å². The summed E-state index contributed by atoms with van der Waals surface area (Å²) in [5, 5.41) is 0. The molecule has 0 saturated heterocycles. The topological polar surface area (TPSA) is 118 Å². The predicted molar refractivity (Wildman–Crippen MR) is 164 cm³/mol. The van der Waals surface area contributed by atoms with Crippen molar-refractivity contribution in [2.24, 2.45) is 11.7 Å². The highest BCUT2D eigenvalue weighted by molar-refractivity contribution is 7.39. The molecule has 8 nitrogen and oxygen atoms in total. The number of rotatable bonds is 17. The maximum Gasteiger partial charge on any atom is 0.507 e. The normalized spacial score (nSPS) is 12.1. The summed E-state index contributed by atoms with van der Waals surface area (Å²) in [5.74, 6) is -2.75. The molecule has 2 unspecified atom stereocenters. The maximum absolute atomic E-state index is 13.3. The molecule has 0 fully saturated rings. The first kappa shape index (κ1) is 32.9. The second-order valence-electron chi connectivity index (χ2n) is 10.4. The van der Waals surface area contributed by atoms with E-state index in [0.29, 0.717) is 43.1 Å². The van der Waals surface area contributed by atoms with Crippen LogP contribution in [-0.2, 0) is 49.2 Å². The highest BCUT2D eigenvalue weighted by Crippen LogP contribution is 2.31. The fourth-order valence-corrected chi connectivity index (χ4v) is 6.05. The molecule has 1 heterocycles. The number of aromatic nitrogens is 1. The maximum atomic E-state index is 13.3. The van der Waals surface area contributed by atoms with Gasteiger partial charge < -0.3 is 15.0 Å². The van der Waals surface area contributed by atoms with Crippen LogP contribution in [-0.4, -0.2) is 42.1 Å². The van der Waals surface area contributed by atoms with E-state index < -0.39 is 25.6 Å². The zero-order chi connectivity index (χ0) is 30.6. The number of carbonyl (C=O) groups excluding carboxylic acids is 3. The Hall–Kier alpha value is -3.61. The minimum atomic E-state index is -1.80. The van der Waals surface area contributed by atoms with Gasteiger partial charge in [-0.05, 0) is 72.8 Å². The van der Waals surface area contributed by atoms with Gasteiger partial charge in [-0.2, -0.15) is 0 Å². The van der Waals surface area contributed by atoms with E-state index in [1.54, 1.807) is 6.92 Å². The minimum Gasteiger partial charge on any atom is -0.466 e. The Morgan fingerprint density at radius 1 is 1.00 bits per heavy atom. The quantitative estimate of drug-likeness (QED) is 0.0895. The van der Waals surface area contributed by atoms with Crippen LogP contribution in [0.1, 0.15) is 77.1 Å². The van der Waals surface area contributed by atoms with Crippen molar-refractivity contribution in [2.45, 2.75) is 65.8 Å². The van der Waals surface area contributed by atoms with E-state index >= 15 is 0 Å². The van der Waals surface area contributed by atoms with Gasteiger partial charge in [-0.3, -0.25) is 14.4 Å². The lowest BCUT2D eigenvalue weighted by Gasteiger charge is -2.16. The Balaban J connectivity index is 2.04. The first-order valence-corrected chi connectivity index (χ1v) is 15.9. The largest absolute Gasteiger partial charge is 0.507 e. The molecule has 9 heteroatoms. The van der Waals surface area contributed by atoms with Crippen LogP contribution in [0.3, 0.4) is 0 Å². The summed E-state index contributed by atoms with van der Waals surface area (Å²) < 4.78 is 24.2. The molecule has 0 aliphatic rings. The summed E-state index contributed by atoms with van der Waals surface area (Å²) >= 11 is 0. The highest BCUT2D eigenvalue weighted by atomic mass is 31.1. The number of hydrogen-bond donors (Lipinski definition) is 1. The molecule has 42 heavy (non-hydrogen) atoms. The number of primary amides is 1. The standard InChI is InChI=1S/C33H41N2O6P/c1-5-12-29-30(31(36)32(34)37)28(21-27(33(38)41-6-2)17-11-18-42(39)40-4)23(3)35(29)22-26-16-10-15-25(20-26)19-24-13-8-7-9-14-24/h7-10,13-16,20,27H,5-6,11-12,17-19,21-22H2,1-4H3,(H-,34,37)/p+1. The molecular formula is C33H42N2O6P+. The number of ether oxygens (including phenoxy) is 1. The van der Waals surface area contributed by atoms with Gasteiger partial charge in [0.2, 0.25) is 0 Å². The number of benzene rings is 2. The second-order valence-corrected chi connectivity index (χ2v) is 11.9. The van der Waals surface area contributed by atoms with E-state index in [1.165, 1.54) is 18.2 Å².